The molecule has 0 aromatic carbocycles. The van der Waals surface area contributed by atoms with Crippen LogP contribution in [0.4, 0.5) is 0 Å². The average molecular weight is 451 g/mol. The number of hydrogen-bond donors (Lipinski definition) is 2. The van der Waals surface area contributed by atoms with Gasteiger partial charge in [0.25, 0.3) is 0 Å². The number of allylic oxidation sites excluding steroid dienone is 7. The molecule has 0 bridgehead atoms. The van der Waals surface area contributed by atoms with Crippen LogP contribution >= 0.6 is 0 Å². The molecule has 5 heteroatoms. The van der Waals surface area contributed by atoms with Gasteiger partial charge in [0.05, 0.1) is 0 Å². The van der Waals surface area contributed by atoms with Gasteiger partial charge >= 0.3 is 0 Å². The Labute approximate surface area is 195 Å². The van der Waals surface area contributed by atoms with E-state index in [1.165, 1.54) is 12.5 Å². The molecular formula is C28H34O5. The molecule has 0 aromatic rings. The number of aliphatic hydroxyl groups is 2. The fourth-order valence-electron chi connectivity index (χ4n) is 8.20. The van der Waals surface area contributed by atoms with Gasteiger partial charge in [0, 0.05) is 16.4 Å². The number of Topliss-reactive ketones (excluding diaryl/α,β-unsaturated/α-hetero) is 2. The van der Waals surface area contributed by atoms with Gasteiger partial charge in [-0.1, -0.05) is 45.4 Å². The Balaban J connectivity index is 1.68. The van der Waals surface area contributed by atoms with E-state index in [0.717, 1.165) is 30.4 Å². The molecule has 0 aliphatic heterocycles. The van der Waals surface area contributed by atoms with E-state index < -0.39 is 22.6 Å². The SMILES string of the molecule is CC1=C(O)C(=O)C=C2C1=CC=C1C2(C)CCC2(C)C3CC(C)(O)C(=O)C(=O)C3(C)CCC12C. The van der Waals surface area contributed by atoms with Gasteiger partial charge in [0.2, 0.25) is 17.3 Å². The maximum atomic E-state index is 13.2. The number of rotatable bonds is 0. The summed E-state index contributed by atoms with van der Waals surface area (Å²) in [5.41, 5.74) is 0.487. The molecular weight excluding hydrogens is 416 g/mol. The van der Waals surface area contributed by atoms with Gasteiger partial charge in [-0.25, -0.2) is 0 Å². The second-order valence-electron chi connectivity index (χ2n) is 12.2. The average Bonchev–Trinajstić information content (AvgIpc) is 2.75. The molecule has 2 N–H and O–H groups in total. The zero-order valence-electron chi connectivity index (χ0n) is 20.5. The van der Waals surface area contributed by atoms with Crippen molar-refractivity contribution < 1.29 is 24.6 Å². The van der Waals surface area contributed by atoms with Gasteiger partial charge in [-0.3, -0.25) is 14.4 Å². The first kappa shape index (κ1) is 22.5. The predicted octanol–water partition coefficient (Wildman–Crippen LogP) is 4.72. The van der Waals surface area contributed by atoms with Crippen molar-refractivity contribution in [2.24, 2.45) is 27.6 Å². The summed E-state index contributed by atoms with van der Waals surface area (Å²) in [6, 6.07) is 0. The Morgan fingerprint density at radius 2 is 1.58 bits per heavy atom. The van der Waals surface area contributed by atoms with Crippen molar-refractivity contribution in [1.29, 1.82) is 0 Å². The van der Waals surface area contributed by atoms with Crippen molar-refractivity contribution in [3.63, 3.8) is 0 Å². The number of hydrogen-bond acceptors (Lipinski definition) is 5. The van der Waals surface area contributed by atoms with Crippen LogP contribution in [0.5, 0.6) is 0 Å². The van der Waals surface area contributed by atoms with Crippen molar-refractivity contribution in [2.75, 3.05) is 0 Å². The molecule has 3 saturated carbocycles. The molecule has 5 aliphatic rings. The molecule has 176 valence electrons. The summed E-state index contributed by atoms with van der Waals surface area (Å²) in [5.74, 6) is -1.71. The standard InChI is InChI=1S/C28H34O5/c1-15-16-7-8-19-24(2,17(16)13-18(29)21(15)30)9-11-27(5)20-14-28(6,33)23(32)22(31)25(20,3)10-12-26(19,27)4/h7-8,13,20,30,33H,9-12,14H2,1-6H3. The normalized spacial score (nSPS) is 47.1. The van der Waals surface area contributed by atoms with Crippen LogP contribution in [0.2, 0.25) is 0 Å². The van der Waals surface area contributed by atoms with Crippen LogP contribution in [0.15, 0.2) is 46.3 Å². The van der Waals surface area contributed by atoms with E-state index in [0.29, 0.717) is 18.4 Å². The van der Waals surface area contributed by atoms with E-state index in [-0.39, 0.29) is 33.7 Å². The van der Waals surface area contributed by atoms with Gasteiger partial charge in [0.15, 0.2) is 5.76 Å². The third-order valence-corrected chi connectivity index (χ3v) is 10.7. The van der Waals surface area contributed by atoms with Gasteiger partial charge < -0.3 is 10.2 Å². The van der Waals surface area contributed by atoms with E-state index in [1.807, 2.05) is 13.0 Å². The van der Waals surface area contributed by atoms with Crippen LogP contribution in [-0.2, 0) is 14.4 Å². The Hall–Kier alpha value is -2.27. The lowest BCUT2D eigenvalue weighted by Gasteiger charge is -2.68. The third kappa shape index (κ3) is 2.44. The highest BCUT2D eigenvalue weighted by molar-refractivity contribution is 6.42. The first-order valence-electron chi connectivity index (χ1n) is 12.1. The van der Waals surface area contributed by atoms with Crippen molar-refractivity contribution in [2.45, 2.75) is 79.2 Å². The lowest BCUT2D eigenvalue weighted by atomic mass is 9.34. The minimum Gasteiger partial charge on any atom is -0.504 e. The summed E-state index contributed by atoms with van der Waals surface area (Å²) in [5, 5.41) is 21.1. The molecule has 3 fully saturated rings. The van der Waals surface area contributed by atoms with Gasteiger partial charge in [-0.05, 0) is 79.9 Å². The zero-order valence-corrected chi connectivity index (χ0v) is 20.5. The molecule has 0 heterocycles. The van der Waals surface area contributed by atoms with E-state index in [2.05, 4.69) is 26.8 Å². The summed E-state index contributed by atoms with van der Waals surface area (Å²) in [4.78, 5) is 38.5. The largest absolute Gasteiger partial charge is 0.504 e. The Bertz CT molecular complexity index is 1160. The van der Waals surface area contributed by atoms with Crippen molar-refractivity contribution in [3.8, 4) is 0 Å². The van der Waals surface area contributed by atoms with E-state index in [9.17, 15) is 24.6 Å². The van der Waals surface area contributed by atoms with Crippen molar-refractivity contribution >= 4 is 17.3 Å². The number of carbonyl (C=O) groups is 3. The second kappa shape index (κ2) is 6.24. The van der Waals surface area contributed by atoms with Gasteiger partial charge in [0.1, 0.15) is 5.60 Å². The van der Waals surface area contributed by atoms with Gasteiger partial charge in [-0.15, -0.1) is 0 Å². The van der Waals surface area contributed by atoms with E-state index >= 15 is 0 Å². The lowest BCUT2D eigenvalue weighted by Crippen LogP contribution is -2.67. The monoisotopic (exact) mass is 450 g/mol. The topological polar surface area (TPSA) is 91.7 Å². The molecule has 6 atom stereocenters. The first-order valence-corrected chi connectivity index (χ1v) is 12.1. The summed E-state index contributed by atoms with van der Waals surface area (Å²) in [6.45, 7) is 11.9. The summed E-state index contributed by atoms with van der Waals surface area (Å²) < 4.78 is 0. The fourth-order valence-corrected chi connectivity index (χ4v) is 8.20. The van der Waals surface area contributed by atoms with E-state index in [4.69, 9.17) is 0 Å². The highest BCUT2D eigenvalue weighted by Crippen LogP contribution is 2.74. The Kier molecular flexibility index (Phi) is 4.26. The van der Waals surface area contributed by atoms with Crippen LogP contribution in [0.1, 0.15) is 73.6 Å². The minimum absolute atomic E-state index is 0.118. The molecule has 5 nitrogen and oxygen atoms in total. The van der Waals surface area contributed by atoms with Crippen molar-refractivity contribution in [1.82, 2.24) is 0 Å². The highest BCUT2D eigenvalue weighted by atomic mass is 16.3. The quantitative estimate of drug-likeness (QED) is 0.521. The van der Waals surface area contributed by atoms with Gasteiger partial charge in [-0.2, -0.15) is 0 Å². The maximum Gasteiger partial charge on any atom is 0.230 e. The van der Waals surface area contributed by atoms with Crippen LogP contribution in [-0.4, -0.2) is 33.2 Å². The molecule has 0 amide bonds. The molecule has 6 unspecified atom stereocenters. The summed E-state index contributed by atoms with van der Waals surface area (Å²) in [6.07, 6.45) is 9.09. The Morgan fingerprint density at radius 1 is 0.909 bits per heavy atom. The molecule has 0 radical (unpaired) electrons. The van der Waals surface area contributed by atoms with E-state index in [1.54, 1.807) is 13.0 Å². The Morgan fingerprint density at radius 3 is 2.24 bits per heavy atom. The predicted molar refractivity (Wildman–Crippen MR) is 124 cm³/mol. The highest BCUT2D eigenvalue weighted by Gasteiger charge is 2.70. The van der Waals surface area contributed by atoms with Crippen molar-refractivity contribution in [3.05, 3.63) is 46.3 Å². The summed E-state index contributed by atoms with van der Waals surface area (Å²) in [7, 11) is 0. The van der Waals surface area contributed by atoms with Crippen LogP contribution in [0.25, 0.3) is 0 Å². The third-order valence-electron chi connectivity index (χ3n) is 10.7. The second-order valence-corrected chi connectivity index (χ2v) is 12.2. The molecule has 0 saturated heterocycles. The zero-order chi connectivity index (χ0) is 24.4. The maximum absolute atomic E-state index is 13.2. The van der Waals surface area contributed by atoms with Crippen LogP contribution in [0.3, 0.4) is 0 Å². The van der Waals surface area contributed by atoms with Crippen LogP contribution in [0, 0.1) is 27.6 Å². The molecule has 0 spiro atoms. The molecule has 33 heavy (non-hydrogen) atoms. The molecule has 0 aromatic heterocycles. The molecule has 5 rings (SSSR count). The number of aliphatic hydroxyl groups excluding tert-OH is 1. The number of ketones is 3. The lowest BCUT2D eigenvalue weighted by molar-refractivity contribution is -0.188. The fraction of sp³-hybridized carbons (Fsp3) is 0.607. The smallest absolute Gasteiger partial charge is 0.230 e. The number of fused-ring (bicyclic) bond motifs is 7. The number of carbonyl (C=O) groups excluding carboxylic acids is 3. The minimum atomic E-state index is -1.63. The molecule has 5 aliphatic carbocycles. The van der Waals surface area contributed by atoms with Crippen LogP contribution < -0.4 is 0 Å². The first-order chi connectivity index (χ1) is 15.1. The summed E-state index contributed by atoms with van der Waals surface area (Å²) >= 11 is 0.